The van der Waals surface area contributed by atoms with Crippen molar-refractivity contribution in [3.05, 3.63) is 28.7 Å². The highest BCUT2D eigenvalue weighted by Crippen LogP contribution is 2.20. The van der Waals surface area contributed by atoms with Gasteiger partial charge in [-0.2, -0.15) is 0 Å². The molecular formula is C15H23BrN2O. The fourth-order valence-electron chi connectivity index (χ4n) is 1.71. The van der Waals surface area contributed by atoms with Gasteiger partial charge in [0.15, 0.2) is 0 Å². The molecule has 2 N–H and O–H groups in total. The van der Waals surface area contributed by atoms with E-state index in [1.54, 1.807) is 0 Å². The summed E-state index contributed by atoms with van der Waals surface area (Å²) in [6.45, 7) is 6.90. The lowest BCUT2D eigenvalue weighted by atomic mass is 10.0. The Balaban J connectivity index is 2.30. The molecule has 0 radical (unpaired) electrons. The van der Waals surface area contributed by atoms with E-state index in [2.05, 4.69) is 47.3 Å². The van der Waals surface area contributed by atoms with Crippen LogP contribution in [0, 0.1) is 5.92 Å². The molecule has 0 saturated carbocycles. The number of nitrogens with one attached hydrogen (secondary N) is 2. The summed E-state index contributed by atoms with van der Waals surface area (Å²) in [5, 5.41) is 6.13. The van der Waals surface area contributed by atoms with Crippen molar-refractivity contribution in [1.29, 1.82) is 0 Å². The molecule has 1 amide bonds. The Morgan fingerprint density at radius 2 is 1.89 bits per heavy atom. The van der Waals surface area contributed by atoms with Crippen LogP contribution in [0.3, 0.4) is 0 Å². The fourth-order valence-corrected chi connectivity index (χ4v) is 2.09. The number of amides is 1. The summed E-state index contributed by atoms with van der Waals surface area (Å²) in [5.41, 5.74) is 0.809. The van der Waals surface area contributed by atoms with Crippen LogP contribution in [0.5, 0.6) is 0 Å². The maximum Gasteiger partial charge on any atom is 0.238 e. The van der Waals surface area contributed by atoms with E-state index in [0.29, 0.717) is 18.5 Å². The molecule has 1 atom stereocenters. The highest BCUT2D eigenvalue weighted by molar-refractivity contribution is 9.10. The van der Waals surface area contributed by atoms with Gasteiger partial charge >= 0.3 is 0 Å². The smallest absolute Gasteiger partial charge is 0.238 e. The molecule has 0 aliphatic heterocycles. The van der Waals surface area contributed by atoms with E-state index in [0.717, 1.165) is 16.6 Å². The molecule has 0 aromatic heterocycles. The van der Waals surface area contributed by atoms with Crippen LogP contribution in [0.15, 0.2) is 28.7 Å². The predicted molar refractivity (Wildman–Crippen MR) is 84.3 cm³/mol. The van der Waals surface area contributed by atoms with Gasteiger partial charge in [-0.1, -0.05) is 26.0 Å². The van der Waals surface area contributed by atoms with Gasteiger partial charge in [0.25, 0.3) is 0 Å². The van der Waals surface area contributed by atoms with Crippen molar-refractivity contribution in [2.45, 2.75) is 39.7 Å². The lowest BCUT2D eigenvalue weighted by Crippen LogP contribution is -2.34. The van der Waals surface area contributed by atoms with E-state index < -0.39 is 0 Å². The first-order valence-corrected chi connectivity index (χ1v) is 7.56. The molecule has 19 heavy (non-hydrogen) atoms. The van der Waals surface area contributed by atoms with Crippen LogP contribution in [-0.2, 0) is 4.79 Å². The highest BCUT2D eigenvalue weighted by atomic mass is 79.9. The maximum absolute atomic E-state index is 11.8. The molecule has 1 unspecified atom stereocenters. The second-order valence-corrected chi connectivity index (χ2v) is 6.14. The summed E-state index contributed by atoms with van der Waals surface area (Å²) in [7, 11) is 0. The summed E-state index contributed by atoms with van der Waals surface area (Å²) >= 11 is 3.41. The maximum atomic E-state index is 11.8. The number of benzene rings is 1. The number of rotatable bonds is 7. The number of para-hydroxylation sites is 1. The van der Waals surface area contributed by atoms with Gasteiger partial charge in [0, 0.05) is 10.5 Å². The second-order valence-electron chi connectivity index (χ2n) is 5.28. The molecule has 0 fully saturated rings. The number of hydrogen-bond acceptors (Lipinski definition) is 2. The van der Waals surface area contributed by atoms with Crippen molar-refractivity contribution in [1.82, 2.24) is 5.32 Å². The molecule has 0 saturated heterocycles. The average molecular weight is 327 g/mol. The lowest BCUT2D eigenvalue weighted by molar-refractivity contribution is -0.115. The van der Waals surface area contributed by atoms with Crippen LogP contribution in [-0.4, -0.2) is 18.5 Å². The standard InChI is InChI=1S/C15H23BrN2O/c1-11(2)8-9-12(3)17-10-15(19)18-14-7-5-4-6-13(14)16/h4-7,11-12,17H,8-10H2,1-3H3,(H,18,19). The number of anilines is 1. The Morgan fingerprint density at radius 3 is 2.53 bits per heavy atom. The number of hydrogen-bond donors (Lipinski definition) is 2. The van der Waals surface area contributed by atoms with Crippen molar-refractivity contribution in [2.24, 2.45) is 5.92 Å². The van der Waals surface area contributed by atoms with Gasteiger partial charge in [-0.15, -0.1) is 0 Å². The van der Waals surface area contributed by atoms with Gasteiger partial charge in [-0.05, 0) is 53.7 Å². The van der Waals surface area contributed by atoms with Gasteiger partial charge in [0.1, 0.15) is 0 Å². The molecule has 0 bridgehead atoms. The van der Waals surface area contributed by atoms with Crippen LogP contribution in [0.2, 0.25) is 0 Å². The summed E-state index contributed by atoms with van der Waals surface area (Å²) in [4.78, 5) is 11.8. The molecule has 1 rings (SSSR count). The first-order chi connectivity index (χ1) is 8.99. The van der Waals surface area contributed by atoms with E-state index in [9.17, 15) is 4.79 Å². The van der Waals surface area contributed by atoms with E-state index in [1.807, 2.05) is 24.3 Å². The molecular weight excluding hydrogens is 304 g/mol. The van der Waals surface area contributed by atoms with Gasteiger partial charge in [-0.25, -0.2) is 0 Å². The Kier molecular flexibility index (Phi) is 7.10. The largest absolute Gasteiger partial charge is 0.324 e. The van der Waals surface area contributed by atoms with E-state index >= 15 is 0 Å². The van der Waals surface area contributed by atoms with Crippen LogP contribution in [0.4, 0.5) is 5.69 Å². The fraction of sp³-hybridized carbons (Fsp3) is 0.533. The monoisotopic (exact) mass is 326 g/mol. The van der Waals surface area contributed by atoms with Crippen molar-refractivity contribution in [3.8, 4) is 0 Å². The predicted octanol–water partition coefficient (Wildman–Crippen LogP) is 3.80. The van der Waals surface area contributed by atoms with Crippen molar-refractivity contribution >= 4 is 27.5 Å². The molecule has 4 heteroatoms. The van der Waals surface area contributed by atoms with E-state index in [4.69, 9.17) is 0 Å². The van der Waals surface area contributed by atoms with Gasteiger partial charge in [-0.3, -0.25) is 4.79 Å². The molecule has 0 heterocycles. The minimum absolute atomic E-state index is 0.0108. The Bertz CT molecular complexity index is 407. The summed E-state index contributed by atoms with van der Waals surface area (Å²) in [5.74, 6) is 0.696. The number of carbonyl (C=O) groups is 1. The topological polar surface area (TPSA) is 41.1 Å². The van der Waals surface area contributed by atoms with Gasteiger partial charge in [0.2, 0.25) is 5.91 Å². The highest BCUT2D eigenvalue weighted by Gasteiger charge is 2.08. The summed E-state index contributed by atoms with van der Waals surface area (Å²) in [6, 6.07) is 7.98. The zero-order valence-electron chi connectivity index (χ0n) is 11.9. The first kappa shape index (κ1) is 16.2. The minimum atomic E-state index is -0.0108. The Morgan fingerprint density at radius 1 is 1.21 bits per heavy atom. The molecule has 0 aliphatic carbocycles. The molecule has 3 nitrogen and oxygen atoms in total. The normalized spacial score (nSPS) is 12.5. The summed E-state index contributed by atoms with van der Waals surface area (Å²) < 4.78 is 0.899. The van der Waals surface area contributed by atoms with E-state index in [1.165, 1.54) is 6.42 Å². The zero-order chi connectivity index (χ0) is 14.3. The Hall–Kier alpha value is -0.870. The van der Waals surface area contributed by atoms with Crippen LogP contribution in [0.1, 0.15) is 33.6 Å². The van der Waals surface area contributed by atoms with Crippen LogP contribution >= 0.6 is 15.9 Å². The van der Waals surface area contributed by atoms with Crippen molar-refractivity contribution in [3.63, 3.8) is 0 Å². The molecule has 1 aromatic rings. The quantitative estimate of drug-likeness (QED) is 0.800. The third kappa shape index (κ3) is 6.73. The second kappa shape index (κ2) is 8.33. The summed E-state index contributed by atoms with van der Waals surface area (Å²) in [6.07, 6.45) is 2.28. The number of carbonyl (C=O) groups excluding carboxylic acids is 1. The third-order valence-electron chi connectivity index (χ3n) is 2.94. The molecule has 1 aromatic carbocycles. The van der Waals surface area contributed by atoms with Crippen LogP contribution < -0.4 is 10.6 Å². The number of halogens is 1. The molecule has 106 valence electrons. The van der Waals surface area contributed by atoms with Crippen LogP contribution in [0.25, 0.3) is 0 Å². The van der Waals surface area contributed by atoms with Gasteiger partial charge < -0.3 is 10.6 Å². The lowest BCUT2D eigenvalue weighted by Gasteiger charge is -2.15. The molecule has 0 aliphatic rings. The average Bonchev–Trinajstić information content (AvgIpc) is 2.36. The first-order valence-electron chi connectivity index (χ1n) is 6.76. The van der Waals surface area contributed by atoms with Crippen molar-refractivity contribution in [2.75, 3.05) is 11.9 Å². The van der Waals surface area contributed by atoms with Crippen molar-refractivity contribution < 1.29 is 4.79 Å². The zero-order valence-corrected chi connectivity index (χ0v) is 13.5. The minimum Gasteiger partial charge on any atom is -0.324 e. The molecule has 0 spiro atoms. The Labute approximate surface area is 124 Å². The van der Waals surface area contributed by atoms with Gasteiger partial charge in [0.05, 0.1) is 12.2 Å². The SMILES string of the molecule is CC(C)CCC(C)NCC(=O)Nc1ccccc1Br. The van der Waals surface area contributed by atoms with E-state index in [-0.39, 0.29) is 5.91 Å². The third-order valence-corrected chi connectivity index (χ3v) is 3.63.